The Morgan fingerprint density at radius 1 is 1.25 bits per heavy atom. The predicted octanol–water partition coefficient (Wildman–Crippen LogP) is 1.43. The molecule has 0 radical (unpaired) electrons. The zero-order valence-electron chi connectivity index (χ0n) is 12.0. The molecule has 110 valence electrons. The number of carboxylic acid groups (broad SMARTS) is 1. The molecule has 0 aromatic heterocycles. The van der Waals surface area contributed by atoms with Crippen LogP contribution in [0.3, 0.4) is 0 Å². The van der Waals surface area contributed by atoms with Crippen LogP contribution in [0, 0.1) is 13.8 Å². The molecular weight excluding hydrogens is 256 g/mol. The van der Waals surface area contributed by atoms with Crippen molar-refractivity contribution in [2.45, 2.75) is 26.3 Å². The van der Waals surface area contributed by atoms with Crippen molar-refractivity contribution in [2.24, 2.45) is 0 Å². The van der Waals surface area contributed by atoms with Gasteiger partial charge in [-0.05, 0) is 43.5 Å². The van der Waals surface area contributed by atoms with Gasteiger partial charge in [0.25, 0.3) is 0 Å². The lowest BCUT2D eigenvalue weighted by atomic mass is 9.99. The van der Waals surface area contributed by atoms with Gasteiger partial charge in [0, 0.05) is 19.6 Å². The highest BCUT2D eigenvalue weighted by atomic mass is 16.4. The first-order chi connectivity index (χ1) is 9.50. The molecule has 0 spiro atoms. The Bertz CT molecular complexity index is 471. The van der Waals surface area contributed by atoms with Crippen LogP contribution in [0.15, 0.2) is 12.1 Å². The fraction of sp³-hybridized carbons (Fsp3) is 0.533. The summed E-state index contributed by atoms with van der Waals surface area (Å²) in [4.78, 5) is 13.7. The van der Waals surface area contributed by atoms with E-state index in [-0.39, 0.29) is 5.75 Å². The molecule has 5 nitrogen and oxygen atoms in total. The lowest BCUT2D eigenvalue weighted by molar-refractivity contribution is -0.143. The van der Waals surface area contributed by atoms with Crippen molar-refractivity contribution in [3.63, 3.8) is 0 Å². The van der Waals surface area contributed by atoms with Crippen LogP contribution in [0.4, 0.5) is 0 Å². The summed E-state index contributed by atoms with van der Waals surface area (Å²) in [6.45, 7) is 6.82. The minimum Gasteiger partial charge on any atom is -0.507 e. The van der Waals surface area contributed by atoms with Crippen molar-refractivity contribution in [1.29, 1.82) is 0 Å². The van der Waals surface area contributed by atoms with Crippen LogP contribution in [0.1, 0.15) is 29.2 Å². The van der Waals surface area contributed by atoms with E-state index in [9.17, 15) is 15.0 Å². The maximum Gasteiger partial charge on any atom is 0.325 e. The van der Waals surface area contributed by atoms with Gasteiger partial charge in [0.2, 0.25) is 0 Å². The van der Waals surface area contributed by atoms with Crippen LogP contribution >= 0.6 is 0 Å². The average Bonchev–Trinajstić information content (AvgIpc) is 2.64. The monoisotopic (exact) mass is 278 g/mol. The van der Waals surface area contributed by atoms with E-state index in [0.29, 0.717) is 0 Å². The maximum absolute atomic E-state index is 11.7. The Morgan fingerprint density at radius 2 is 1.90 bits per heavy atom. The van der Waals surface area contributed by atoms with Crippen molar-refractivity contribution < 1.29 is 15.0 Å². The van der Waals surface area contributed by atoms with Crippen molar-refractivity contribution in [2.75, 3.05) is 26.2 Å². The molecule has 1 aromatic rings. The van der Waals surface area contributed by atoms with E-state index >= 15 is 0 Å². The topological polar surface area (TPSA) is 72.8 Å². The van der Waals surface area contributed by atoms with E-state index in [2.05, 4.69) is 5.32 Å². The highest BCUT2D eigenvalue weighted by molar-refractivity contribution is 5.76. The van der Waals surface area contributed by atoms with Crippen LogP contribution in [0.25, 0.3) is 0 Å². The van der Waals surface area contributed by atoms with Gasteiger partial charge in [-0.2, -0.15) is 0 Å². The number of benzene rings is 1. The van der Waals surface area contributed by atoms with Crippen molar-refractivity contribution in [3.05, 3.63) is 28.8 Å². The van der Waals surface area contributed by atoms with Crippen molar-refractivity contribution in [3.8, 4) is 5.75 Å². The SMILES string of the molecule is Cc1cc(C(C(=O)O)N2CCCNCC2)cc(C)c1O. The van der Waals surface area contributed by atoms with Crippen molar-refractivity contribution in [1.82, 2.24) is 10.2 Å². The number of carboxylic acids is 1. The van der Waals surface area contributed by atoms with Crippen LogP contribution in [-0.2, 0) is 4.79 Å². The molecule has 1 aliphatic rings. The molecule has 1 aliphatic heterocycles. The quantitative estimate of drug-likeness (QED) is 0.780. The summed E-state index contributed by atoms with van der Waals surface area (Å²) in [5.41, 5.74) is 2.19. The number of phenolic OH excluding ortho intramolecular Hbond substituents is 1. The molecule has 0 amide bonds. The number of aliphatic carboxylic acids is 1. The van der Waals surface area contributed by atoms with E-state index < -0.39 is 12.0 Å². The summed E-state index contributed by atoms with van der Waals surface area (Å²) in [7, 11) is 0. The lowest BCUT2D eigenvalue weighted by Gasteiger charge is -2.28. The van der Waals surface area contributed by atoms with Gasteiger partial charge >= 0.3 is 5.97 Å². The first-order valence-corrected chi connectivity index (χ1v) is 6.98. The molecule has 0 saturated carbocycles. The summed E-state index contributed by atoms with van der Waals surface area (Å²) in [5, 5.41) is 22.7. The maximum atomic E-state index is 11.7. The molecule has 1 saturated heterocycles. The largest absolute Gasteiger partial charge is 0.507 e. The predicted molar refractivity (Wildman–Crippen MR) is 77.0 cm³/mol. The first kappa shape index (κ1) is 14.8. The van der Waals surface area contributed by atoms with Gasteiger partial charge in [-0.1, -0.05) is 12.1 Å². The molecular formula is C15H22N2O3. The molecule has 20 heavy (non-hydrogen) atoms. The van der Waals surface area contributed by atoms with E-state index in [1.165, 1.54) is 0 Å². The van der Waals surface area contributed by atoms with Crippen LogP contribution in [0.5, 0.6) is 5.75 Å². The van der Waals surface area contributed by atoms with Gasteiger partial charge in [0.15, 0.2) is 0 Å². The summed E-state index contributed by atoms with van der Waals surface area (Å²) in [6.07, 6.45) is 0.944. The lowest BCUT2D eigenvalue weighted by Crippen LogP contribution is -2.36. The second kappa shape index (κ2) is 6.24. The fourth-order valence-electron chi connectivity index (χ4n) is 2.78. The number of phenols is 1. The summed E-state index contributed by atoms with van der Waals surface area (Å²) in [5.74, 6) is -0.591. The molecule has 3 N–H and O–H groups in total. The second-order valence-electron chi connectivity index (χ2n) is 5.38. The molecule has 1 atom stereocenters. The summed E-state index contributed by atoms with van der Waals surface area (Å²) in [6, 6.07) is 2.91. The number of rotatable bonds is 3. The number of carbonyl (C=O) groups is 1. The Labute approximate surface area is 119 Å². The number of aromatic hydroxyl groups is 1. The standard InChI is InChI=1S/C15H22N2O3/c1-10-8-12(9-11(2)14(10)18)13(15(19)20)17-6-3-4-16-5-7-17/h8-9,13,16,18H,3-7H2,1-2H3,(H,19,20). The molecule has 1 aromatic carbocycles. The highest BCUT2D eigenvalue weighted by Crippen LogP contribution is 2.29. The number of aryl methyl sites for hydroxylation is 2. The fourth-order valence-corrected chi connectivity index (χ4v) is 2.78. The van der Waals surface area contributed by atoms with Gasteiger partial charge in [-0.25, -0.2) is 0 Å². The number of hydrogen-bond acceptors (Lipinski definition) is 4. The normalized spacial score (nSPS) is 18.5. The first-order valence-electron chi connectivity index (χ1n) is 6.98. The highest BCUT2D eigenvalue weighted by Gasteiger charge is 2.28. The third-order valence-electron chi connectivity index (χ3n) is 3.80. The van der Waals surface area contributed by atoms with Crippen LogP contribution in [-0.4, -0.2) is 47.3 Å². The Morgan fingerprint density at radius 3 is 2.50 bits per heavy atom. The van der Waals surface area contributed by atoms with E-state index in [4.69, 9.17) is 0 Å². The molecule has 1 unspecified atom stereocenters. The zero-order chi connectivity index (χ0) is 14.7. The molecule has 1 heterocycles. The third-order valence-corrected chi connectivity index (χ3v) is 3.80. The molecule has 5 heteroatoms. The summed E-state index contributed by atoms with van der Waals surface area (Å²) >= 11 is 0. The van der Waals surface area contributed by atoms with Gasteiger partial charge in [-0.3, -0.25) is 9.69 Å². The molecule has 2 rings (SSSR count). The second-order valence-corrected chi connectivity index (χ2v) is 5.38. The Kier molecular flexibility index (Phi) is 4.62. The molecule has 1 fully saturated rings. The van der Waals surface area contributed by atoms with E-state index in [1.54, 1.807) is 26.0 Å². The number of hydrogen-bond donors (Lipinski definition) is 3. The van der Waals surface area contributed by atoms with E-state index in [1.807, 2.05) is 4.90 Å². The number of nitrogens with zero attached hydrogens (tertiary/aromatic N) is 1. The van der Waals surface area contributed by atoms with Gasteiger partial charge < -0.3 is 15.5 Å². The molecule has 0 aliphatic carbocycles. The zero-order valence-corrected chi connectivity index (χ0v) is 12.0. The Balaban J connectivity index is 2.35. The molecule has 0 bridgehead atoms. The van der Waals surface area contributed by atoms with Crippen molar-refractivity contribution >= 4 is 5.97 Å². The van der Waals surface area contributed by atoms with E-state index in [0.717, 1.165) is 49.3 Å². The third kappa shape index (κ3) is 3.11. The minimum atomic E-state index is -0.837. The average molecular weight is 278 g/mol. The van der Waals surface area contributed by atoms with Gasteiger partial charge in [0.1, 0.15) is 11.8 Å². The van der Waals surface area contributed by atoms with Gasteiger partial charge in [-0.15, -0.1) is 0 Å². The number of nitrogens with one attached hydrogen (secondary N) is 1. The summed E-state index contributed by atoms with van der Waals surface area (Å²) < 4.78 is 0. The minimum absolute atomic E-state index is 0.246. The van der Waals surface area contributed by atoms with Crippen LogP contribution < -0.4 is 5.32 Å². The smallest absolute Gasteiger partial charge is 0.325 e. The van der Waals surface area contributed by atoms with Crippen LogP contribution in [0.2, 0.25) is 0 Å². The van der Waals surface area contributed by atoms with Gasteiger partial charge in [0.05, 0.1) is 0 Å². The Hall–Kier alpha value is -1.59.